The van der Waals surface area contributed by atoms with Crippen LogP contribution in [0.3, 0.4) is 0 Å². The van der Waals surface area contributed by atoms with Gasteiger partial charge < -0.3 is 20.1 Å². The summed E-state index contributed by atoms with van der Waals surface area (Å²) in [5.41, 5.74) is 3.39. The van der Waals surface area contributed by atoms with E-state index in [2.05, 4.69) is 32.9 Å². The van der Waals surface area contributed by atoms with Crippen LogP contribution in [0.15, 0.2) is 65.9 Å². The van der Waals surface area contributed by atoms with E-state index in [-0.39, 0.29) is 24.0 Å². The lowest BCUT2D eigenvalue weighted by Gasteiger charge is -2.13. The van der Waals surface area contributed by atoms with Crippen molar-refractivity contribution >= 4 is 29.9 Å². The van der Waals surface area contributed by atoms with Crippen molar-refractivity contribution in [1.82, 2.24) is 20.4 Å². The average molecular weight is 521 g/mol. The van der Waals surface area contributed by atoms with E-state index < -0.39 is 0 Å². The molecule has 0 saturated carbocycles. The number of halogens is 1. The van der Waals surface area contributed by atoms with Crippen LogP contribution in [0.25, 0.3) is 0 Å². The smallest absolute Gasteiger partial charge is 0.191 e. The summed E-state index contributed by atoms with van der Waals surface area (Å²) in [5.74, 6) is 2.14. The van der Waals surface area contributed by atoms with Crippen LogP contribution in [0.2, 0.25) is 0 Å². The largest absolute Gasteiger partial charge is 0.493 e. The standard InChI is InChI=1S/C22H27N5O2.HI/c1-23-22(24-12-18-9-10-20(28-2)21(11-18)29-3)25-13-19-14-26-27(16-19)15-17-7-5-4-6-8-17;/h4-11,14,16H,12-13,15H2,1-3H3,(H2,23,24,25);1H. The third-order valence-corrected chi connectivity index (χ3v) is 4.47. The van der Waals surface area contributed by atoms with Crippen molar-refractivity contribution in [2.75, 3.05) is 21.3 Å². The molecule has 160 valence electrons. The maximum absolute atomic E-state index is 5.35. The first-order valence-electron chi connectivity index (χ1n) is 9.42. The topological polar surface area (TPSA) is 72.7 Å². The van der Waals surface area contributed by atoms with Crippen molar-refractivity contribution in [3.8, 4) is 11.5 Å². The fourth-order valence-electron chi connectivity index (χ4n) is 2.94. The average Bonchev–Trinajstić information content (AvgIpc) is 3.21. The second-order valence-corrected chi connectivity index (χ2v) is 6.50. The molecule has 2 N–H and O–H groups in total. The molecule has 0 amide bonds. The van der Waals surface area contributed by atoms with Crippen molar-refractivity contribution in [3.05, 3.63) is 77.6 Å². The van der Waals surface area contributed by atoms with E-state index in [1.807, 2.05) is 53.5 Å². The van der Waals surface area contributed by atoms with Gasteiger partial charge in [-0.05, 0) is 23.3 Å². The zero-order chi connectivity index (χ0) is 20.5. The molecule has 0 atom stereocenters. The third-order valence-electron chi connectivity index (χ3n) is 4.47. The zero-order valence-corrected chi connectivity index (χ0v) is 19.8. The summed E-state index contributed by atoms with van der Waals surface area (Å²) < 4.78 is 12.6. The van der Waals surface area contributed by atoms with Gasteiger partial charge in [-0.1, -0.05) is 36.4 Å². The number of aromatic nitrogens is 2. The Bertz CT molecular complexity index is 944. The molecule has 0 spiro atoms. The number of benzene rings is 2. The number of methoxy groups -OCH3 is 2. The molecule has 0 aliphatic rings. The van der Waals surface area contributed by atoms with Gasteiger partial charge in [0.15, 0.2) is 17.5 Å². The molecule has 30 heavy (non-hydrogen) atoms. The normalized spacial score (nSPS) is 10.8. The third kappa shape index (κ3) is 6.65. The molecule has 7 nitrogen and oxygen atoms in total. The number of rotatable bonds is 8. The maximum atomic E-state index is 5.35. The minimum atomic E-state index is 0. The fourth-order valence-corrected chi connectivity index (χ4v) is 2.94. The van der Waals surface area contributed by atoms with E-state index in [0.29, 0.717) is 24.6 Å². The van der Waals surface area contributed by atoms with Crippen LogP contribution in [0.5, 0.6) is 11.5 Å². The first kappa shape index (κ1) is 23.5. The van der Waals surface area contributed by atoms with Crippen molar-refractivity contribution in [2.45, 2.75) is 19.6 Å². The summed E-state index contributed by atoms with van der Waals surface area (Å²) in [5, 5.41) is 11.1. The highest BCUT2D eigenvalue weighted by molar-refractivity contribution is 14.0. The summed E-state index contributed by atoms with van der Waals surface area (Å²) in [6.45, 7) is 2.01. The Kier molecular flexibility index (Phi) is 9.46. The number of hydrogen-bond acceptors (Lipinski definition) is 4. The molecule has 0 fully saturated rings. The SMILES string of the molecule is CN=C(NCc1ccc(OC)c(OC)c1)NCc1cnn(Cc2ccccc2)c1.I. The summed E-state index contributed by atoms with van der Waals surface area (Å²) >= 11 is 0. The molecule has 3 rings (SSSR count). The molecule has 1 heterocycles. The lowest BCUT2D eigenvalue weighted by atomic mass is 10.2. The Morgan fingerprint density at radius 1 is 0.933 bits per heavy atom. The van der Waals surface area contributed by atoms with Gasteiger partial charge in [-0.25, -0.2) is 0 Å². The lowest BCUT2D eigenvalue weighted by molar-refractivity contribution is 0.354. The fraction of sp³-hybridized carbons (Fsp3) is 0.273. The number of hydrogen-bond donors (Lipinski definition) is 2. The van der Waals surface area contributed by atoms with Crippen molar-refractivity contribution in [3.63, 3.8) is 0 Å². The number of nitrogens with zero attached hydrogens (tertiary/aromatic N) is 3. The van der Waals surface area contributed by atoms with Gasteiger partial charge in [0.2, 0.25) is 0 Å². The van der Waals surface area contributed by atoms with Gasteiger partial charge in [-0.2, -0.15) is 5.10 Å². The molecule has 0 radical (unpaired) electrons. The second kappa shape index (κ2) is 12.1. The van der Waals surface area contributed by atoms with Gasteiger partial charge >= 0.3 is 0 Å². The van der Waals surface area contributed by atoms with E-state index in [4.69, 9.17) is 9.47 Å². The molecule has 0 aliphatic carbocycles. The maximum Gasteiger partial charge on any atom is 0.191 e. The zero-order valence-electron chi connectivity index (χ0n) is 17.5. The minimum Gasteiger partial charge on any atom is -0.493 e. The number of guanidine groups is 1. The van der Waals surface area contributed by atoms with E-state index in [9.17, 15) is 0 Å². The molecule has 0 bridgehead atoms. The summed E-state index contributed by atoms with van der Waals surface area (Å²) in [7, 11) is 5.01. The highest BCUT2D eigenvalue weighted by atomic mass is 127. The van der Waals surface area contributed by atoms with Gasteiger partial charge in [0, 0.05) is 31.9 Å². The molecule has 8 heteroatoms. The monoisotopic (exact) mass is 521 g/mol. The van der Waals surface area contributed by atoms with Gasteiger partial charge in [0.05, 0.1) is 27.0 Å². The van der Waals surface area contributed by atoms with Crippen molar-refractivity contribution < 1.29 is 9.47 Å². The van der Waals surface area contributed by atoms with Crippen molar-refractivity contribution in [2.24, 2.45) is 4.99 Å². The molecule has 0 aliphatic heterocycles. The Balaban J connectivity index is 0.00000320. The minimum absolute atomic E-state index is 0. The van der Waals surface area contributed by atoms with Crippen LogP contribution in [-0.2, 0) is 19.6 Å². The Hall–Kier alpha value is -2.75. The van der Waals surface area contributed by atoms with Gasteiger partial charge in [-0.3, -0.25) is 9.67 Å². The van der Waals surface area contributed by atoms with Gasteiger partial charge in [0.25, 0.3) is 0 Å². The molecule has 3 aromatic rings. The van der Waals surface area contributed by atoms with E-state index in [1.165, 1.54) is 5.56 Å². The Morgan fingerprint density at radius 2 is 1.63 bits per heavy atom. The highest BCUT2D eigenvalue weighted by Gasteiger charge is 2.06. The van der Waals surface area contributed by atoms with Crippen LogP contribution in [-0.4, -0.2) is 37.0 Å². The molecule has 0 unspecified atom stereocenters. The van der Waals surface area contributed by atoms with E-state index in [1.54, 1.807) is 21.3 Å². The van der Waals surface area contributed by atoms with Crippen LogP contribution >= 0.6 is 24.0 Å². The number of aliphatic imine (C=N–C) groups is 1. The van der Waals surface area contributed by atoms with Gasteiger partial charge in [-0.15, -0.1) is 24.0 Å². The lowest BCUT2D eigenvalue weighted by Crippen LogP contribution is -2.36. The summed E-state index contributed by atoms with van der Waals surface area (Å²) in [6.07, 6.45) is 3.92. The molecular formula is C22H28IN5O2. The summed E-state index contributed by atoms with van der Waals surface area (Å²) in [4.78, 5) is 4.28. The molecule has 1 aromatic heterocycles. The highest BCUT2D eigenvalue weighted by Crippen LogP contribution is 2.27. The number of nitrogens with one attached hydrogen (secondary N) is 2. The summed E-state index contributed by atoms with van der Waals surface area (Å²) in [6, 6.07) is 16.1. The van der Waals surface area contributed by atoms with E-state index in [0.717, 1.165) is 23.6 Å². The predicted octanol–water partition coefficient (Wildman–Crippen LogP) is 3.43. The molecular weight excluding hydrogens is 493 g/mol. The predicted molar refractivity (Wildman–Crippen MR) is 130 cm³/mol. The molecule has 0 saturated heterocycles. The Labute approximate surface area is 194 Å². The van der Waals surface area contributed by atoms with Crippen LogP contribution in [0.1, 0.15) is 16.7 Å². The van der Waals surface area contributed by atoms with E-state index >= 15 is 0 Å². The quantitative estimate of drug-likeness (QED) is 0.270. The van der Waals surface area contributed by atoms with Gasteiger partial charge in [0.1, 0.15) is 0 Å². The Morgan fingerprint density at radius 3 is 2.30 bits per heavy atom. The van der Waals surface area contributed by atoms with Crippen molar-refractivity contribution in [1.29, 1.82) is 0 Å². The second-order valence-electron chi connectivity index (χ2n) is 6.50. The van der Waals surface area contributed by atoms with Crippen LogP contribution < -0.4 is 20.1 Å². The first-order chi connectivity index (χ1) is 14.2. The number of ether oxygens (including phenoxy) is 2. The first-order valence-corrected chi connectivity index (χ1v) is 9.42. The van der Waals surface area contributed by atoms with Crippen LogP contribution in [0, 0.1) is 0 Å². The van der Waals surface area contributed by atoms with Crippen LogP contribution in [0.4, 0.5) is 0 Å². The molecule has 2 aromatic carbocycles.